The maximum absolute atomic E-state index is 4.39. The number of pyridine rings is 1. The third kappa shape index (κ3) is 0.658. The molecule has 2 aromatic rings. The summed E-state index contributed by atoms with van der Waals surface area (Å²) in [6.45, 7) is 0. The van der Waals surface area contributed by atoms with Gasteiger partial charge in [0, 0.05) is 11.6 Å². The van der Waals surface area contributed by atoms with Gasteiger partial charge in [-0.25, -0.2) is 0 Å². The summed E-state index contributed by atoms with van der Waals surface area (Å²) >= 11 is 0. The molecule has 0 atom stereocenters. The van der Waals surface area contributed by atoms with Crippen molar-refractivity contribution in [3.63, 3.8) is 0 Å². The number of fused-ring (bicyclic) bond motifs is 3. The van der Waals surface area contributed by atoms with E-state index in [1.165, 1.54) is 29.4 Å². The topological polar surface area (TPSA) is 12.9 Å². The van der Waals surface area contributed by atoms with E-state index in [-0.39, 0.29) is 0 Å². The van der Waals surface area contributed by atoms with Crippen LogP contribution in [0.2, 0.25) is 0 Å². The van der Waals surface area contributed by atoms with Crippen LogP contribution in [-0.2, 0) is 12.8 Å². The van der Waals surface area contributed by atoms with Crippen molar-refractivity contribution >= 4 is 10.9 Å². The van der Waals surface area contributed by atoms with E-state index in [2.05, 4.69) is 23.2 Å². The van der Waals surface area contributed by atoms with E-state index >= 15 is 0 Å². The molecule has 1 heteroatoms. The molecule has 0 saturated carbocycles. The minimum Gasteiger partial charge on any atom is -0.256 e. The van der Waals surface area contributed by atoms with Gasteiger partial charge >= 0.3 is 0 Å². The van der Waals surface area contributed by atoms with Crippen LogP contribution in [0, 0.1) is 0 Å². The van der Waals surface area contributed by atoms with Crippen molar-refractivity contribution in [3.05, 3.63) is 41.6 Å². The Hall–Kier alpha value is -1.37. The van der Waals surface area contributed by atoms with Crippen molar-refractivity contribution in [3.8, 4) is 0 Å². The van der Waals surface area contributed by atoms with E-state index in [9.17, 15) is 0 Å². The number of para-hydroxylation sites is 1. The lowest BCUT2D eigenvalue weighted by molar-refractivity contribution is 0.842. The Kier molecular flexibility index (Phi) is 1.06. The average molecular weight is 155 g/mol. The highest BCUT2D eigenvalue weighted by molar-refractivity contribution is 5.84. The zero-order chi connectivity index (χ0) is 7.97. The quantitative estimate of drug-likeness (QED) is 0.569. The Bertz CT molecular complexity index is 446. The van der Waals surface area contributed by atoms with Crippen LogP contribution < -0.4 is 0 Å². The van der Waals surface area contributed by atoms with Crippen LogP contribution in [0.4, 0.5) is 0 Å². The minimum atomic E-state index is 1.14. The molecule has 1 aromatic heterocycles. The second-order valence-corrected chi connectivity index (χ2v) is 3.28. The molecular weight excluding hydrogens is 146 g/mol. The molecule has 0 bridgehead atoms. The molecule has 1 nitrogen and oxygen atoms in total. The van der Waals surface area contributed by atoms with Gasteiger partial charge in [-0.2, -0.15) is 0 Å². The average Bonchev–Trinajstić information content (AvgIpc) is 2.05. The van der Waals surface area contributed by atoms with E-state index in [1.807, 2.05) is 12.3 Å². The summed E-state index contributed by atoms with van der Waals surface area (Å²) in [7, 11) is 0. The number of benzene rings is 1. The van der Waals surface area contributed by atoms with Crippen LogP contribution in [0.5, 0.6) is 0 Å². The fourth-order valence-corrected chi connectivity index (χ4v) is 1.83. The first-order valence-corrected chi connectivity index (χ1v) is 4.30. The van der Waals surface area contributed by atoms with Crippen LogP contribution in [0.1, 0.15) is 11.1 Å². The number of aromatic nitrogens is 1. The Balaban J connectivity index is 2.49. The van der Waals surface area contributed by atoms with Crippen LogP contribution in [0.15, 0.2) is 30.5 Å². The van der Waals surface area contributed by atoms with E-state index in [1.54, 1.807) is 0 Å². The maximum Gasteiger partial charge on any atom is 0.0704 e. The molecule has 0 fully saturated rings. The summed E-state index contributed by atoms with van der Waals surface area (Å²) < 4.78 is 0. The van der Waals surface area contributed by atoms with Gasteiger partial charge in [-0.05, 0) is 30.0 Å². The molecule has 1 aromatic carbocycles. The zero-order valence-electron chi connectivity index (χ0n) is 6.75. The molecule has 0 N–H and O–H groups in total. The lowest BCUT2D eigenvalue weighted by Gasteiger charge is -2.19. The molecule has 1 heterocycles. The molecule has 58 valence electrons. The van der Waals surface area contributed by atoms with Crippen LogP contribution in [0.25, 0.3) is 10.9 Å². The van der Waals surface area contributed by atoms with Gasteiger partial charge in [-0.1, -0.05) is 18.2 Å². The Morgan fingerprint density at radius 1 is 1.08 bits per heavy atom. The molecular formula is C11H9N. The SMILES string of the molecule is c1ccc2c3c(cnc2c1)CC3. The molecule has 1 aliphatic carbocycles. The summed E-state index contributed by atoms with van der Waals surface area (Å²) in [6.07, 6.45) is 4.46. The molecule has 0 unspecified atom stereocenters. The zero-order valence-corrected chi connectivity index (χ0v) is 6.75. The number of hydrogen-bond acceptors (Lipinski definition) is 1. The van der Waals surface area contributed by atoms with Gasteiger partial charge in [0.25, 0.3) is 0 Å². The van der Waals surface area contributed by atoms with Gasteiger partial charge < -0.3 is 0 Å². The fraction of sp³-hybridized carbons (Fsp3) is 0.182. The Morgan fingerprint density at radius 2 is 2.00 bits per heavy atom. The van der Waals surface area contributed by atoms with Crippen molar-refractivity contribution < 1.29 is 0 Å². The van der Waals surface area contributed by atoms with Gasteiger partial charge in [0.1, 0.15) is 0 Å². The summed E-state index contributed by atoms with van der Waals surface area (Å²) in [6, 6.07) is 8.37. The van der Waals surface area contributed by atoms with Crippen molar-refractivity contribution in [1.82, 2.24) is 4.98 Å². The largest absolute Gasteiger partial charge is 0.256 e. The van der Waals surface area contributed by atoms with E-state index < -0.39 is 0 Å². The molecule has 0 amide bonds. The highest BCUT2D eigenvalue weighted by Crippen LogP contribution is 2.28. The molecule has 1 aliphatic rings. The van der Waals surface area contributed by atoms with Crippen molar-refractivity contribution in [1.29, 1.82) is 0 Å². The molecule has 3 rings (SSSR count). The van der Waals surface area contributed by atoms with E-state index in [0.717, 1.165) is 5.52 Å². The van der Waals surface area contributed by atoms with Crippen LogP contribution >= 0.6 is 0 Å². The predicted molar refractivity (Wildman–Crippen MR) is 49.2 cm³/mol. The Labute approximate surface area is 71.1 Å². The monoisotopic (exact) mass is 155 g/mol. The molecule has 0 saturated heterocycles. The first-order valence-electron chi connectivity index (χ1n) is 4.30. The number of nitrogens with zero attached hydrogens (tertiary/aromatic N) is 1. The summed E-state index contributed by atoms with van der Waals surface area (Å²) in [4.78, 5) is 4.39. The number of hydrogen-bond donors (Lipinski definition) is 0. The summed E-state index contributed by atoms with van der Waals surface area (Å²) in [5.41, 5.74) is 4.09. The lowest BCUT2D eigenvalue weighted by atomic mass is 9.87. The second kappa shape index (κ2) is 2.07. The highest BCUT2D eigenvalue weighted by Gasteiger charge is 2.15. The van der Waals surface area contributed by atoms with Gasteiger partial charge in [0.2, 0.25) is 0 Å². The summed E-state index contributed by atoms with van der Waals surface area (Å²) in [5.74, 6) is 0. The first-order chi connectivity index (χ1) is 5.95. The Morgan fingerprint density at radius 3 is 2.83 bits per heavy atom. The third-order valence-electron chi connectivity index (χ3n) is 2.62. The van der Waals surface area contributed by atoms with Gasteiger partial charge in [-0.3, -0.25) is 4.98 Å². The van der Waals surface area contributed by atoms with Gasteiger partial charge in [0.05, 0.1) is 5.52 Å². The van der Waals surface area contributed by atoms with Crippen molar-refractivity contribution in [2.45, 2.75) is 12.8 Å². The molecule has 0 spiro atoms. The van der Waals surface area contributed by atoms with Crippen molar-refractivity contribution in [2.24, 2.45) is 0 Å². The number of aryl methyl sites for hydroxylation is 2. The fourth-order valence-electron chi connectivity index (χ4n) is 1.83. The lowest BCUT2D eigenvalue weighted by Crippen LogP contribution is -2.09. The van der Waals surface area contributed by atoms with E-state index in [0.29, 0.717) is 0 Å². The molecule has 0 aliphatic heterocycles. The molecule has 0 radical (unpaired) electrons. The number of rotatable bonds is 0. The maximum atomic E-state index is 4.39. The second-order valence-electron chi connectivity index (χ2n) is 3.28. The van der Waals surface area contributed by atoms with Crippen LogP contribution in [-0.4, -0.2) is 4.98 Å². The normalized spacial score (nSPS) is 14.0. The predicted octanol–water partition coefficient (Wildman–Crippen LogP) is 2.33. The summed E-state index contributed by atoms with van der Waals surface area (Å²) in [5, 5.41) is 1.35. The van der Waals surface area contributed by atoms with E-state index in [4.69, 9.17) is 0 Å². The smallest absolute Gasteiger partial charge is 0.0704 e. The minimum absolute atomic E-state index is 1.14. The van der Waals surface area contributed by atoms with Crippen LogP contribution in [0.3, 0.4) is 0 Å². The highest BCUT2D eigenvalue weighted by atomic mass is 14.7. The van der Waals surface area contributed by atoms with Gasteiger partial charge in [0.15, 0.2) is 0 Å². The molecule has 12 heavy (non-hydrogen) atoms. The standard InChI is InChI=1S/C11H9N/c1-2-4-11-10(3-1)9-6-5-8(9)7-12-11/h1-4,7H,5-6H2. The first kappa shape index (κ1) is 6.18. The third-order valence-corrected chi connectivity index (χ3v) is 2.62. The van der Waals surface area contributed by atoms with Gasteiger partial charge in [-0.15, -0.1) is 0 Å². The van der Waals surface area contributed by atoms with Crippen molar-refractivity contribution in [2.75, 3.05) is 0 Å².